The molecular weight excluding hydrogens is 358 g/mol. The topological polar surface area (TPSA) is 79.8 Å². The number of nitrogens with zero attached hydrogens (tertiary/aromatic N) is 3. The maximum Gasteiger partial charge on any atom is 0.228 e. The smallest absolute Gasteiger partial charge is 0.228 e. The van der Waals surface area contributed by atoms with Gasteiger partial charge in [0.1, 0.15) is 16.6 Å². The lowest BCUT2D eigenvalue weighted by Crippen LogP contribution is -2.14. The van der Waals surface area contributed by atoms with Crippen LogP contribution in [0.15, 0.2) is 42.7 Å². The minimum atomic E-state index is 0.0475. The maximum atomic E-state index is 12.1. The van der Waals surface area contributed by atoms with E-state index in [1.165, 1.54) is 0 Å². The molecule has 0 bridgehead atoms. The van der Waals surface area contributed by atoms with Crippen molar-refractivity contribution in [1.82, 2.24) is 15.0 Å². The molecule has 3 heterocycles. The fourth-order valence-corrected chi connectivity index (χ4v) is 4.12. The zero-order valence-electron chi connectivity index (χ0n) is 14.7. The van der Waals surface area contributed by atoms with Gasteiger partial charge in [-0.3, -0.25) is 4.79 Å². The number of carbonyl (C=O) groups is 1. The van der Waals surface area contributed by atoms with E-state index in [0.29, 0.717) is 5.82 Å². The molecule has 4 aromatic rings. The first-order valence-corrected chi connectivity index (χ1v) is 9.68. The summed E-state index contributed by atoms with van der Waals surface area (Å²) in [5.74, 6) is 1.50. The van der Waals surface area contributed by atoms with Crippen molar-refractivity contribution in [1.29, 1.82) is 0 Å². The van der Waals surface area contributed by atoms with Crippen molar-refractivity contribution >= 4 is 49.9 Å². The van der Waals surface area contributed by atoms with Crippen LogP contribution in [0.5, 0.6) is 0 Å². The number of carbonyl (C=O) groups excluding carboxylic acids is 1. The summed E-state index contributed by atoms with van der Waals surface area (Å²) in [6, 6.07) is 9.99. The molecule has 1 aromatic carbocycles. The Morgan fingerprint density at radius 2 is 2.00 bits per heavy atom. The highest BCUT2D eigenvalue weighted by Gasteiger charge is 2.29. The van der Waals surface area contributed by atoms with E-state index in [4.69, 9.17) is 4.98 Å². The summed E-state index contributed by atoms with van der Waals surface area (Å²) in [4.78, 5) is 25.8. The van der Waals surface area contributed by atoms with Gasteiger partial charge in [0, 0.05) is 41.7 Å². The van der Waals surface area contributed by atoms with Crippen LogP contribution in [-0.4, -0.2) is 27.9 Å². The van der Waals surface area contributed by atoms with Crippen molar-refractivity contribution in [2.24, 2.45) is 5.92 Å². The number of nitrogens with one attached hydrogen (secondary N) is 2. The Morgan fingerprint density at radius 1 is 1.15 bits per heavy atom. The number of para-hydroxylation sites is 1. The monoisotopic (exact) mass is 375 g/mol. The van der Waals surface area contributed by atoms with Gasteiger partial charge in [-0.15, -0.1) is 11.3 Å². The number of benzene rings is 1. The summed E-state index contributed by atoms with van der Waals surface area (Å²) in [7, 11) is 1.84. The highest BCUT2D eigenvalue weighted by atomic mass is 32.1. The number of hydrogen-bond donors (Lipinski definition) is 2. The molecule has 7 heteroatoms. The van der Waals surface area contributed by atoms with Crippen molar-refractivity contribution in [3.63, 3.8) is 0 Å². The minimum absolute atomic E-state index is 0.0475. The second kappa shape index (κ2) is 6.28. The van der Waals surface area contributed by atoms with E-state index in [-0.39, 0.29) is 11.8 Å². The fourth-order valence-electron chi connectivity index (χ4n) is 3.13. The molecule has 1 saturated carbocycles. The van der Waals surface area contributed by atoms with Gasteiger partial charge in [-0.05, 0) is 31.0 Å². The van der Waals surface area contributed by atoms with Crippen molar-refractivity contribution in [2.75, 3.05) is 17.7 Å². The Bertz CT molecular complexity index is 1150. The summed E-state index contributed by atoms with van der Waals surface area (Å²) in [5, 5.41) is 8.81. The molecule has 0 unspecified atom stereocenters. The molecule has 1 aliphatic rings. The molecule has 5 rings (SSSR count). The third-order valence-electron chi connectivity index (χ3n) is 4.73. The lowest BCUT2D eigenvalue weighted by atomic mass is 10.1. The van der Waals surface area contributed by atoms with Gasteiger partial charge in [0.25, 0.3) is 0 Å². The second-order valence-corrected chi connectivity index (χ2v) is 7.67. The van der Waals surface area contributed by atoms with Gasteiger partial charge < -0.3 is 10.6 Å². The largest absolute Gasteiger partial charge is 0.373 e. The molecule has 0 atom stereocenters. The average Bonchev–Trinajstić information content (AvgIpc) is 3.46. The molecule has 0 aliphatic heterocycles. The van der Waals surface area contributed by atoms with Crippen molar-refractivity contribution in [3.8, 4) is 10.6 Å². The zero-order chi connectivity index (χ0) is 18.4. The van der Waals surface area contributed by atoms with E-state index < -0.39 is 0 Å². The molecule has 6 nitrogen and oxygen atoms in total. The lowest BCUT2D eigenvalue weighted by Gasteiger charge is -2.10. The van der Waals surface area contributed by atoms with Gasteiger partial charge >= 0.3 is 0 Å². The number of aromatic nitrogens is 3. The molecule has 0 radical (unpaired) electrons. The van der Waals surface area contributed by atoms with Crippen molar-refractivity contribution < 1.29 is 4.79 Å². The number of fused-ring (bicyclic) bond motifs is 2. The second-order valence-electron chi connectivity index (χ2n) is 6.64. The van der Waals surface area contributed by atoms with E-state index in [9.17, 15) is 4.79 Å². The molecule has 1 amide bonds. The van der Waals surface area contributed by atoms with Crippen LogP contribution in [0.1, 0.15) is 12.8 Å². The van der Waals surface area contributed by atoms with Gasteiger partial charge in [-0.1, -0.05) is 12.1 Å². The van der Waals surface area contributed by atoms with E-state index in [1.807, 2.05) is 37.5 Å². The lowest BCUT2D eigenvalue weighted by molar-refractivity contribution is -0.117. The van der Waals surface area contributed by atoms with Crippen LogP contribution in [0.4, 0.5) is 11.6 Å². The Kier molecular flexibility index (Phi) is 3.75. The number of pyridine rings is 2. The molecule has 134 valence electrons. The summed E-state index contributed by atoms with van der Waals surface area (Å²) >= 11 is 1.63. The fraction of sp³-hybridized carbons (Fsp3) is 0.200. The summed E-state index contributed by atoms with van der Waals surface area (Å²) in [6.45, 7) is 0. The van der Waals surface area contributed by atoms with Gasteiger partial charge in [-0.25, -0.2) is 15.0 Å². The molecule has 0 saturated heterocycles. The normalized spacial score (nSPS) is 13.8. The maximum absolute atomic E-state index is 12.1. The first kappa shape index (κ1) is 16.1. The predicted molar refractivity (Wildman–Crippen MR) is 109 cm³/mol. The molecule has 1 aliphatic carbocycles. The molecule has 3 aromatic heterocycles. The van der Waals surface area contributed by atoms with Gasteiger partial charge in [-0.2, -0.15) is 0 Å². The van der Waals surface area contributed by atoms with Gasteiger partial charge in [0.15, 0.2) is 0 Å². The van der Waals surface area contributed by atoms with Crippen LogP contribution in [0.2, 0.25) is 0 Å². The number of anilines is 2. The van der Waals surface area contributed by atoms with Crippen LogP contribution in [0.3, 0.4) is 0 Å². The molecule has 0 spiro atoms. The SMILES string of the molecule is CNc1ncc(-c2nc3ccccc3s2)c2cc(NC(=O)C3CC3)ncc12. The number of hydrogen-bond acceptors (Lipinski definition) is 6. The Balaban J connectivity index is 1.66. The Hall–Kier alpha value is -3.06. The molecule has 27 heavy (non-hydrogen) atoms. The quantitative estimate of drug-likeness (QED) is 0.556. The van der Waals surface area contributed by atoms with Crippen LogP contribution in [0, 0.1) is 5.92 Å². The Morgan fingerprint density at radius 3 is 2.78 bits per heavy atom. The predicted octanol–water partition coefficient (Wildman–Crippen LogP) is 4.30. The molecule has 1 fully saturated rings. The van der Waals surface area contributed by atoms with Crippen LogP contribution >= 0.6 is 11.3 Å². The van der Waals surface area contributed by atoms with E-state index in [0.717, 1.165) is 50.2 Å². The number of amides is 1. The van der Waals surface area contributed by atoms with Crippen LogP contribution in [0.25, 0.3) is 31.6 Å². The molecule has 2 N–H and O–H groups in total. The van der Waals surface area contributed by atoms with E-state index in [2.05, 4.69) is 26.7 Å². The standard InChI is InChI=1S/C20H17N5OS/c1-21-18-13-9-22-17(25-19(26)11-6-7-11)8-12(13)14(10-23-18)20-24-15-4-2-3-5-16(15)27-20/h2-5,8-11H,6-7H2,1H3,(H,21,23)(H,22,25,26). The van der Waals surface area contributed by atoms with Crippen LogP contribution in [-0.2, 0) is 4.79 Å². The van der Waals surface area contributed by atoms with E-state index >= 15 is 0 Å². The minimum Gasteiger partial charge on any atom is -0.373 e. The third kappa shape index (κ3) is 2.90. The number of rotatable bonds is 4. The zero-order valence-corrected chi connectivity index (χ0v) is 15.5. The van der Waals surface area contributed by atoms with Gasteiger partial charge in [0.2, 0.25) is 5.91 Å². The third-order valence-corrected chi connectivity index (χ3v) is 5.80. The van der Waals surface area contributed by atoms with Crippen molar-refractivity contribution in [2.45, 2.75) is 12.8 Å². The van der Waals surface area contributed by atoms with Crippen LogP contribution < -0.4 is 10.6 Å². The summed E-state index contributed by atoms with van der Waals surface area (Å²) in [5.41, 5.74) is 1.91. The van der Waals surface area contributed by atoms with Crippen molar-refractivity contribution in [3.05, 3.63) is 42.7 Å². The molecular formula is C20H17N5OS. The van der Waals surface area contributed by atoms with E-state index in [1.54, 1.807) is 17.5 Å². The summed E-state index contributed by atoms with van der Waals surface area (Å²) in [6.07, 6.45) is 5.51. The highest BCUT2D eigenvalue weighted by molar-refractivity contribution is 7.21. The average molecular weight is 375 g/mol. The number of thiazole rings is 1. The first-order valence-electron chi connectivity index (χ1n) is 8.86. The first-order chi connectivity index (χ1) is 13.2. The summed E-state index contributed by atoms with van der Waals surface area (Å²) < 4.78 is 1.13. The highest BCUT2D eigenvalue weighted by Crippen LogP contribution is 2.37. The Labute approximate surface area is 159 Å². The van der Waals surface area contributed by atoms with Gasteiger partial charge in [0.05, 0.1) is 10.2 Å².